The summed E-state index contributed by atoms with van der Waals surface area (Å²) in [4.78, 5) is 13.7. The van der Waals surface area contributed by atoms with Gasteiger partial charge >= 0.3 is 0 Å². The summed E-state index contributed by atoms with van der Waals surface area (Å²) in [7, 11) is 1.80. The first-order valence-corrected chi connectivity index (χ1v) is 6.63. The molecule has 0 fully saturated rings. The summed E-state index contributed by atoms with van der Waals surface area (Å²) < 4.78 is 0. The van der Waals surface area contributed by atoms with Crippen LogP contribution in [0.5, 0.6) is 0 Å². The molecule has 1 amide bonds. The van der Waals surface area contributed by atoms with E-state index in [4.69, 9.17) is 11.6 Å². The zero-order valence-corrected chi connectivity index (χ0v) is 11.8. The lowest BCUT2D eigenvalue weighted by atomic mass is 10.1. The maximum absolute atomic E-state index is 12.0. The van der Waals surface area contributed by atoms with Crippen molar-refractivity contribution in [2.45, 2.75) is 13.3 Å². The molecule has 0 aromatic heterocycles. The maximum atomic E-state index is 12.0. The van der Waals surface area contributed by atoms with Crippen molar-refractivity contribution in [3.63, 3.8) is 0 Å². The Balaban J connectivity index is 2.76. The molecule has 4 heteroatoms. The number of hydrogen-bond acceptors (Lipinski definition) is 1. The highest BCUT2D eigenvalue weighted by atomic mass is 79.9. The third-order valence-corrected chi connectivity index (χ3v) is 3.36. The molecule has 0 saturated heterocycles. The van der Waals surface area contributed by atoms with E-state index in [9.17, 15) is 4.79 Å². The number of carbonyl (C=O) groups is 1. The van der Waals surface area contributed by atoms with Crippen LogP contribution < -0.4 is 0 Å². The lowest BCUT2D eigenvalue weighted by molar-refractivity contribution is 0.0795. The van der Waals surface area contributed by atoms with Gasteiger partial charge in [0.1, 0.15) is 0 Å². The van der Waals surface area contributed by atoms with Gasteiger partial charge in [0, 0.05) is 29.5 Å². The lowest BCUT2D eigenvalue weighted by Gasteiger charge is -2.16. The van der Waals surface area contributed by atoms with Crippen molar-refractivity contribution in [3.05, 3.63) is 34.3 Å². The van der Waals surface area contributed by atoms with E-state index in [1.165, 1.54) is 0 Å². The van der Waals surface area contributed by atoms with E-state index < -0.39 is 0 Å². The van der Waals surface area contributed by atoms with Gasteiger partial charge in [-0.3, -0.25) is 4.79 Å². The normalized spacial score (nSPS) is 10.2. The first-order valence-electron chi connectivity index (χ1n) is 5.14. The van der Waals surface area contributed by atoms with Crippen molar-refractivity contribution >= 4 is 33.4 Å². The topological polar surface area (TPSA) is 20.3 Å². The zero-order valence-electron chi connectivity index (χ0n) is 9.46. The van der Waals surface area contributed by atoms with Crippen molar-refractivity contribution < 1.29 is 4.79 Å². The third-order valence-electron chi connectivity index (χ3n) is 2.39. The van der Waals surface area contributed by atoms with Crippen LogP contribution in [0, 0.1) is 6.92 Å². The number of benzene rings is 1. The van der Waals surface area contributed by atoms with Crippen LogP contribution in [-0.2, 0) is 0 Å². The van der Waals surface area contributed by atoms with Gasteiger partial charge in [-0.05, 0) is 31.0 Å². The van der Waals surface area contributed by atoms with Gasteiger partial charge in [-0.15, -0.1) is 0 Å². The van der Waals surface area contributed by atoms with E-state index in [0.717, 1.165) is 23.9 Å². The molecule has 1 aromatic carbocycles. The number of alkyl halides is 1. The molecule has 0 unspecified atom stereocenters. The summed E-state index contributed by atoms with van der Waals surface area (Å²) in [6, 6.07) is 5.41. The Labute approximate surface area is 110 Å². The minimum Gasteiger partial charge on any atom is -0.342 e. The average Bonchev–Trinajstić information content (AvgIpc) is 2.28. The van der Waals surface area contributed by atoms with E-state index in [1.807, 2.05) is 19.1 Å². The molecule has 0 N–H and O–H groups in total. The van der Waals surface area contributed by atoms with E-state index in [0.29, 0.717) is 10.6 Å². The minimum atomic E-state index is 0.0165. The van der Waals surface area contributed by atoms with E-state index in [1.54, 1.807) is 18.0 Å². The molecule has 0 aliphatic rings. The molecule has 16 heavy (non-hydrogen) atoms. The highest BCUT2D eigenvalue weighted by molar-refractivity contribution is 9.09. The molecule has 0 heterocycles. The summed E-state index contributed by atoms with van der Waals surface area (Å²) in [6.45, 7) is 2.67. The monoisotopic (exact) mass is 303 g/mol. The van der Waals surface area contributed by atoms with Crippen LogP contribution in [-0.4, -0.2) is 29.7 Å². The number of aryl methyl sites for hydroxylation is 1. The van der Waals surface area contributed by atoms with E-state index >= 15 is 0 Å². The molecule has 88 valence electrons. The molecule has 0 radical (unpaired) electrons. The van der Waals surface area contributed by atoms with Crippen molar-refractivity contribution in [2.75, 3.05) is 18.9 Å². The molecule has 0 aliphatic heterocycles. The van der Waals surface area contributed by atoms with Gasteiger partial charge in [-0.25, -0.2) is 0 Å². The molecule has 0 spiro atoms. The smallest absolute Gasteiger partial charge is 0.253 e. The molecular weight excluding hydrogens is 289 g/mol. The van der Waals surface area contributed by atoms with Gasteiger partial charge in [-0.2, -0.15) is 0 Å². The Morgan fingerprint density at radius 3 is 2.75 bits per heavy atom. The molecule has 0 aliphatic carbocycles. The quantitative estimate of drug-likeness (QED) is 0.780. The van der Waals surface area contributed by atoms with E-state index in [2.05, 4.69) is 15.9 Å². The fourth-order valence-electron chi connectivity index (χ4n) is 1.34. The van der Waals surface area contributed by atoms with Crippen LogP contribution in [0.3, 0.4) is 0 Å². The predicted molar refractivity (Wildman–Crippen MR) is 71.6 cm³/mol. The Morgan fingerprint density at radius 2 is 2.19 bits per heavy atom. The van der Waals surface area contributed by atoms with Crippen LogP contribution in [0.15, 0.2) is 18.2 Å². The SMILES string of the molecule is Cc1ccc(C(=O)N(C)CCCBr)cc1Cl. The second kappa shape index (κ2) is 6.26. The summed E-state index contributed by atoms with van der Waals surface area (Å²) >= 11 is 9.33. The van der Waals surface area contributed by atoms with E-state index in [-0.39, 0.29) is 5.91 Å². The minimum absolute atomic E-state index is 0.0165. The van der Waals surface area contributed by atoms with Gasteiger partial charge in [0.2, 0.25) is 0 Å². The number of hydrogen-bond donors (Lipinski definition) is 0. The highest BCUT2D eigenvalue weighted by Gasteiger charge is 2.11. The van der Waals surface area contributed by atoms with Gasteiger partial charge in [0.05, 0.1) is 0 Å². The van der Waals surface area contributed by atoms with Crippen LogP contribution in [0.2, 0.25) is 5.02 Å². The van der Waals surface area contributed by atoms with Gasteiger partial charge in [-0.1, -0.05) is 33.6 Å². The standard InChI is InChI=1S/C12H15BrClNO/c1-9-4-5-10(8-11(9)14)12(16)15(2)7-3-6-13/h4-5,8H,3,6-7H2,1-2H3. The van der Waals surface area contributed by atoms with Gasteiger partial charge < -0.3 is 4.90 Å². The predicted octanol–water partition coefficient (Wildman–Crippen LogP) is 3.51. The number of halogens is 2. The van der Waals surface area contributed by atoms with Crippen LogP contribution in [0.25, 0.3) is 0 Å². The molecule has 0 atom stereocenters. The van der Waals surface area contributed by atoms with Crippen molar-refractivity contribution in [1.82, 2.24) is 4.90 Å². The Morgan fingerprint density at radius 1 is 1.50 bits per heavy atom. The fourth-order valence-corrected chi connectivity index (χ4v) is 1.78. The number of carbonyl (C=O) groups excluding carboxylic acids is 1. The molecule has 2 nitrogen and oxygen atoms in total. The number of rotatable bonds is 4. The van der Waals surface area contributed by atoms with Gasteiger partial charge in [0.15, 0.2) is 0 Å². The number of nitrogens with zero attached hydrogens (tertiary/aromatic N) is 1. The van der Waals surface area contributed by atoms with Crippen molar-refractivity contribution in [2.24, 2.45) is 0 Å². The summed E-state index contributed by atoms with van der Waals surface area (Å²) in [5.74, 6) is 0.0165. The maximum Gasteiger partial charge on any atom is 0.253 e. The average molecular weight is 305 g/mol. The molecule has 1 rings (SSSR count). The first kappa shape index (κ1) is 13.5. The largest absolute Gasteiger partial charge is 0.342 e. The molecule has 1 aromatic rings. The fraction of sp³-hybridized carbons (Fsp3) is 0.417. The van der Waals surface area contributed by atoms with Gasteiger partial charge in [0.25, 0.3) is 5.91 Å². The van der Waals surface area contributed by atoms with Crippen molar-refractivity contribution in [3.8, 4) is 0 Å². The summed E-state index contributed by atoms with van der Waals surface area (Å²) in [5, 5.41) is 1.54. The third kappa shape index (κ3) is 3.49. The Hall–Kier alpha value is -0.540. The lowest BCUT2D eigenvalue weighted by Crippen LogP contribution is -2.27. The van der Waals surface area contributed by atoms with Crippen LogP contribution in [0.1, 0.15) is 22.3 Å². The summed E-state index contributed by atoms with van der Waals surface area (Å²) in [5.41, 5.74) is 1.63. The highest BCUT2D eigenvalue weighted by Crippen LogP contribution is 2.17. The van der Waals surface area contributed by atoms with Crippen molar-refractivity contribution in [1.29, 1.82) is 0 Å². The van der Waals surface area contributed by atoms with Crippen LogP contribution in [0.4, 0.5) is 0 Å². The second-order valence-corrected chi connectivity index (χ2v) is 4.93. The Bertz CT molecular complexity index is 381. The molecule has 0 saturated carbocycles. The second-order valence-electron chi connectivity index (χ2n) is 3.73. The summed E-state index contributed by atoms with van der Waals surface area (Å²) in [6.07, 6.45) is 0.946. The first-order chi connectivity index (χ1) is 7.56. The molecular formula is C12H15BrClNO. The Kier molecular flexibility index (Phi) is 5.29. The van der Waals surface area contributed by atoms with Crippen LogP contribution >= 0.6 is 27.5 Å². The zero-order chi connectivity index (χ0) is 12.1. The number of amides is 1. The molecule has 0 bridgehead atoms.